The van der Waals surface area contributed by atoms with Crippen molar-refractivity contribution >= 4 is 34.3 Å². The lowest BCUT2D eigenvalue weighted by atomic mass is 9.94. The zero-order valence-electron chi connectivity index (χ0n) is 21.2. The Morgan fingerprint density at radius 2 is 1.95 bits per heavy atom. The number of carbonyl (C=O) groups excluding carboxylic acids is 1. The first-order valence-corrected chi connectivity index (χ1v) is 12.7. The summed E-state index contributed by atoms with van der Waals surface area (Å²) in [5.41, 5.74) is 4.03. The van der Waals surface area contributed by atoms with Gasteiger partial charge in [0.1, 0.15) is 17.5 Å². The van der Waals surface area contributed by atoms with E-state index in [9.17, 15) is 9.59 Å². The highest BCUT2D eigenvalue weighted by molar-refractivity contribution is 7.07. The summed E-state index contributed by atoms with van der Waals surface area (Å²) in [6, 6.07) is 12.5. The van der Waals surface area contributed by atoms with Gasteiger partial charge >= 0.3 is 5.97 Å². The minimum atomic E-state index is -0.799. The maximum atomic E-state index is 14.0. The van der Waals surface area contributed by atoms with Gasteiger partial charge in [-0.3, -0.25) is 9.36 Å². The predicted octanol–water partition coefficient (Wildman–Crippen LogP) is 3.61. The van der Waals surface area contributed by atoms with Crippen LogP contribution in [-0.2, 0) is 9.53 Å². The van der Waals surface area contributed by atoms with Gasteiger partial charge in [0, 0.05) is 27.7 Å². The van der Waals surface area contributed by atoms with Crippen molar-refractivity contribution in [2.45, 2.75) is 26.8 Å². The molecule has 37 heavy (non-hydrogen) atoms. The van der Waals surface area contributed by atoms with Gasteiger partial charge in [0.15, 0.2) is 4.80 Å². The Balaban J connectivity index is 1.80. The smallest absolute Gasteiger partial charge is 0.338 e. The lowest BCUT2D eigenvalue weighted by Gasteiger charge is -2.26. The number of aromatic amines is 1. The van der Waals surface area contributed by atoms with Gasteiger partial charge < -0.3 is 19.2 Å². The molecule has 1 N–H and O–H groups in total. The van der Waals surface area contributed by atoms with Crippen LogP contribution in [0.5, 0.6) is 11.5 Å². The second kappa shape index (κ2) is 9.74. The predicted molar refractivity (Wildman–Crippen MR) is 143 cm³/mol. The summed E-state index contributed by atoms with van der Waals surface area (Å²) < 4.78 is 18.6. The van der Waals surface area contributed by atoms with E-state index in [0.29, 0.717) is 32.1 Å². The van der Waals surface area contributed by atoms with E-state index in [1.807, 2.05) is 37.3 Å². The molecule has 1 aliphatic heterocycles. The molecule has 0 spiro atoms. The number of methoxy groups -OCH3 is 2. The van der Waals surface area contributed by atoms with Crippen molar-refractivity contribution < 1.29 is 19.0 Å². The third kappa shape index (κ3) is 4.15. The number of fused-ring (bicyclic) bond motifs is 2. The normalized spacial score (nSPS) is 15.5. The summed E-state index contributed by atoms with van der Waals surface area (Å²) in [7, 11) is 3.11. The average molecular weight is 518 g/mol. The van der Waals surface area contributed by atoms with Crippen LogP contribution in [0, 0.1) is 6.92 Å². The molecule has 5 rings (SSSR count). The number of nitrogens with one attached hydrogen (secondary N) is 1. The molecule has 0 unspecified atom stereocenters. The molecular weight excluding hydrogens is 490 g/mol. The van der Waals surface area contributed by atoms with Crippen molar-refractivity contribution in [2.75, 3.05) is 20.8 Å². The van der Waals surface area contributed by atoms with Crippen LogP contribution < -0.4 is 24.4 Å². The van der Waals surface area contributed by atoms with Crippen molar-refractivity contribution in [3.05, 3.63) is 90.2 Å². The van der Waals surface area contributed by atoms with Crippen molar-refractivity contribution in [3.63, 3.8) is 0 Å². The minimum Gasteiger partial charge on any atom is -0.497 e. The van der Waals surface area contributed by atoms with Crippen molar-refractivity contribution in [3.8, 4) is 11.5 Å². The zero-order valence-corrected chi connectivity index (χ0v) is 22.1. The second-order valence-electron chi connectivity index (χ2n) is 8.62. The van der Waals surface area contributed by atoms with E-state index >= 15 is 0 Å². The summed E-state index contributed by atoms with van der Waals surface area (Å²) in [5, 5.41) is 1.03. The summed E-state index contributed by atoms with van der Waals surface area (Å²) >= 11 is 1.29. The first-order chi connectivity index (χ1) is 17.9. The number of nitrogens with zero attached hydrogens (tertiary/aromatic N) is 2. The monoisotopic (exact) mass is 517 g/mol. The largest absolute Gasteiger partial charge is 0.497 e. The third-order valence-electron chi connectivity index (χ3n) is 6.47. The number of thiazole rings is 1. The van der Waals surface area contributed by atoms with Gasteiger partial charge in [0.05, 0.1) is 36.6 Å². The van der Waals surface area contributed by atoms with E-state index in [1.165, 1.54) is 11.3 Å². The Labute approximate surface area is 217 Å². The van der Waals surface area contributed by atoms with Crippen LogP contribution in [0.1, 0.15) is 36.7 Å². The molecule has 0 fully saturated rings. The number of aryl methyl sites for hydroxylation is 1. The Hall–Kier alpha value is -4.11. The van der Waals surface area contributed by atoms with E-state index in [1.54, 1.807) is 50.8 Å². The van der Waals surface area contributed by atoms with E-state index in [4.69, 9.17) is 14.2 Å². The second-order valence-corrected chi connectivity index (χ2v) is 9.63. The molecule has 9 heteroatoms. The molecule has 8 nitrogen and oxygen atoms in total. The quantitative estimate of drug-likeness (QED) is 0.395. The molecule has 0 amide bonds. The summed E-state index contributed by atoms with van der Waals surface area (Å²) in [6.45, 7) is 5.68. The number of H-pyrrole nitrogens is 1. The highest BCUT2D eigenvalue weighted by Gasteiger charge is 2.35. The molecule has 0 saturated carbocycles. The van der Waals surface area contributed by atoms with Gasteiger partial charge in [0.25, 0.3) is 5.56 Å². The molecule has 0 aliphatic carbocycles. The van der Waals surface area contributed by atoms with Gasteiger partial charge in [-0.2, -0.15) is 0 Å². The van der Waals surface area contributed by atoms with Gasteiger partial charge in [0.2, 0.25) is 0 Å². The Kier molecular flexibility index (Phi) is 6.47. The maximum absolute atomic E-state index is 14.0. The molecular formula is C28H27N3O5S. The highest BCUT2D eigenvalue weighted by atomic mass is 32.1. The van der Waals surface area contributed by atoms with Crippen LogP contribution >= 0.6 is 11.3 Å². The number of carbonyl (C=O) groups is 1. The molecule has 2 aromatic carbocycles. The number of benzene rings is 2. The number of ether oxygens (including phenoxy) is 3. The van der Waals surface area contributed by atoms with Gasteiger partial charge in [-0.15, -0.1) is 0 Å². The minimum absolute atomic E-state index is 0.196. The molecule has 3 heterocycles. The summed E-state index contributed by atoms with van der Waals surface area (Å²) in [6.07, 6.45) is 1.89. The lowest BCUT2D eigenvalue weighted by molar-refractivity contribution is -0.139. The first-order valence-electron chi connectivity index (χ1n) is 11.9. The molecule has 0 bridgehead atoms. The van der Waals surface area contributed by atoms with Crippen LogP contribution in [-0.4, -0.2) is 36.3 Å². The molecule has 1 aliphatic rings. The summed E-state index contributed by atoms with van der Waals surface area (Å²) in [4.78, 5) is 35.7. The van der Waals surface area contributed by atoms with Crippen LogP contribution in [0.15, 0.2) is 63.5 Å². The lowest BCUT2D eigenvalue weighted by Crippen LogP contribution is -2.40. The third-order valence-corrected chi connectivity index (χ3v) is 7.45. The van der Waals surface area contributed by atoms with E-state index in [-0.39, 0.29) is 17.7 Å². The summed E-state index contributed by atoms with van der Waals surface area (Å²) in [5.74, 6) is 0.565. The molecule has 1 atom stereocenters. The van der Waals surface area contributed by atoms with Crippen molar-refractivity contribution in [1.29, 1.82) is 0 Å². The van der Waals surface area contributed by atoms with Gasteiger partial charge in [-0.1, -0.05) is 29.5 Å². The van der Waals surface area contributed by atoms with E-state index in [0.717, 1.165) is 22.2 Å². The number of esters is 1. The molecule has 190 valence electrons. The van der Waals surface area contributed by atoms with Crippen molar-refractivity contribution in [1.82, 2.24) is 9.55 Å². The number of rotatable bonds is 6. The van der Waals surface area contributed by atoms with Crippen LogP contribution in [0.25, 0.3) is 17.0 Å². The maximum Gasteiger partial charge on any atom is 0.338 e. The average Bonchev–Trinajstić information content (AvgIpc) is 3.38. The van der Waals surface area contributed by atoms with Gasteiger partial charge in [-0.25, -0.2) is 9.79 Å². The van der Waals surface area contributed by atoms with Gasteiger partial charge in [-0.05, 0) is 51.1 Å². The van der Waals surface area contributed by atoms with Crippen molar-refractivity contribution in [2.24, 2.45) is 4.99 Å². The number of para-hydroxylation sites is 1. The number of allylic oxidation sites excluding steroid dienone is 1. The first kappa shape index (κ1) is 24.6. The fourth-order valence-electron chi connectivity index (χ4n) is 4.75. The van der Waals surface area contributed by atoms with E-state index in [2.05, 4.69) is 9.98 Å². The molecule has 0 saturated heterocycles. The number of hydrogen-bond donors (Lipinski definition) is 1. The Morgan fingerprint density at radius 3 is 2.68 bits per heavy atom. The fourth-order valence-corrected chi connectivity index (χ4v) is 5.78. The Bertz CT molecular complexity index is 1740. The Morgan fingerprint density at radius 1 is 1.16 bits per heavy atom. The zero-order chi connectivity index (χ0) is 26.3. The van der Waals surface area contributed by atoms with Crippen LogP contribution in [0.3, 0.4) is 0 Å². The fraction of sp³-hybridized carbons (Fsp3) is 0.250. The van der Waals surface area contributed by atoms with E-state index < -0.39 is 12.0 Å². The number of hydrogen-bond acceptors (Lipinski definition) is 7. The van der Waals surface area contributed by atoms with Crippen LogP contribution in [0.4, 0.5) is 0 Å². The molecule has 4 aromatic rings. The van der Waals surface area contributed by atoms with Crippen LogP contribution in [0.2, 0.25) is 0 Å². The SMILES string of the molecule is CCOC(=O)C1=C(C)N=c2s/c(=C\c3c(C)[nH]c4ccccc34)c(=O)n2[C@H]1c1cc(OC)ccc1OC. The standard InChI is InChI=1S/C28H27N3O5S/c1-6-36-27(33)24-16(3)30-28-31(25(24)20-13-17(34-4)11-12-22(20)35-5)26(32)23(37-28)14-19-15(2)29-21-10-8-7-9-18(19)21/h7-14,25,29H,6H2,1-5H3/b23-14-/t25-/m0/s1. The molecule has 2 aromatic heterocycles. The highest BCUT2D eigenvalue weighted by Crippen LogP contribution is 2.37. The molecule has 0 radical (unpaired) electrons. The number of aromatic nitrogens is 2. The topological polar surface area (TPSA) is 94.9 Å².